The van der Waals surface area contributed by atoms with Gasteiger partial charge in [0, 0.05) is 24.4 Å². The molecule has 30 heavy (non-hydrogen) atoms. The zero-order chi connectivity index (χ0) is 21.1. The summed E-state index contributed by atoms with van der Waals surface area (Å²) in [7, 11) is 0. The molecule has 1 aliphatic carbocycles. The Bertz CT molecular complexity index is 843. The lowest BCUT2D eigenvalue weighted by atomic mass is 9.86. The van der Waals surface area contributed by atoms with E-state index in [0.29, 0.717) is 18.4 Å². The lowest BCUT2D eigenvalue weighted by Crippen LogP contribution is -2.57. The molecule has 1 saturated heterocycles. The van der Waals surface area contributed by atoms with Gasteiger partial charge in [-0.05, 0) is 50.3 Å². The highest BCUT2D eigenvalue weighted by Gasteiger charge is 2.46. The molecule has 1 aliphatic heterocycles. The van der Waals surface area contributed by atoms with E-state index in [0.717, 1.165) is 24.9 Å². The number of hydrogen-bond donors (Lipinski definition) is 1. The molecule has 0 aromatic heterocycles. The summed E-state index contributed by atoms with van der Waals surface area (Å²) >= 11 is 0. The Morgan fingerprint density at radius 1 is 1.13 bits per heavy atom. The largest absolute Gasteiger partial charge is 0.444 e. The maximum atomic E-state index is 15.5. The van der Waals surface area contributed by atoms with Gasteiger partial charge in [-0.1, -0.05) is 60.7 Å². The SMILES string of the molecule is CC1CC(CN[C@@H]2C[C@H]2c2ccccc2)CC(C)(F)N1C(=O)OCc1ccccc1. The van der Waals surface area contributed by atoms with Crippen molar-refractivity contribution in [1.82, 2.24) is 10.2 Å². The minimum atomic E-state index is -1.71. The van der Waals surface area contributed by atoms with Gasteiger partial charge in [-0.25, -0.2) is 9.18 Å². The standard InChI is InChI=1S/C25H31FN2O2/c1-18-13-20(16-27-23-14-22(23)21-11-7-4-8-12-21)15-25(2,26)28(18)24(29)30-17-19-9-5-3-6-10-19/h3-12,18,20,22-23,27H,13-17H2,1-2H3/t18?,20?,22-,23+,25?/m0/s1. The van der Waals surface area contributed by atoms with E-state index in [9.17, 15) is 4.79 Å². The first kappa shape index (κ1) is 20.9. The van der Waals surface area contributed by atoms with Gasteiger partial charge in [0.2, 0.25) is 0 Å². The zero-order valence-corrected chi connectivity index (χ0v) is 17.8. The summed E-state index contributed by atoms with van der Waals surface area (Å²) in [4.78, 5) is 13.9. The first-order valence-electron chi connectivity index (χ1n) is 10.9. The van der Waals surface area contributed by atoms with Crippen molar-refractivity contribution in [2.24, 2.45) is 5.92 Å². The zero-order valence-electron chi connectivity index (χ0n) is 17.8. The Balaban J connectivity index is 1.28. The molecule has 4 rings (SSSR count). The van der Waals surface area contributed by atoms with Gasteiger partial charge in [0.15, 0.2) is 5.79 Å². The molecule has 2 aliphatic rings. The minimum absolute atomic E-state index is 0.159. The molecule has 5 heteroatoms. The van der Waals surface area contributed by atoms with E-state index in [1.54, 1.807) is 0 Å². The Hall–Kier alpha value is -2.40. The highest BCUT2D eigenvalue weighted by atomic mass is 19.1. The van der Waals surface area contributed by atoms with E-state index in [2.05, 4.69) is 29.6 Å². The first-order valence-corrected chi connectivity index (χ1v) is 10.9. The topological polar surface area (TPSA) is 41.6 Å². The highest BCUT2D eigenvalue weighted by molar-refractivity contribution is 5.69. The maximum Gasteiger partial charge on any atom is 0.412 e. The second kappa shape index (κ2) is 8.76. The fraction of sp³-hybridized carbons (Fsp3) is 0.480. The average Bonchev–Trinajstić information content (AvgIpc) is 3.51. The number of hydrogen-bond acceptors (Lipinski definition) is 3. The summed E-state index contributed by atoms with van der Waals surface area (Å²) in [6.45, 7) is 4.36. The predicted molar refractivity (Wildman–Crippen MR) is 116 cm³/mol. The molecular formula is C25H31FN2O2. The normalized spacial score (nSPS) is 30.7. The van der Waals surface area contributed by atoms with Gasteiger partial charge >= 0.3 is 6.09 Å². The van der Waals surface area contributed by atoms with Gasteiger partial charge in [0.05, 0.1) is 0 Å². The number of carbonyl (C=O) groups is 1. The number of alkyl halides is 1. The quantitative estimate of drug-likeness (QED) is 0.661. The van der Waals surface area contributed by atoms with Crippen molar-refractivity contribution in [3.8, 4) is 0 Å². The molecule has 4 nitrogen and oxygen atoms in total. The summed E-state index contributed by atoms with van der Waals surface area (Å²) in [6, 6.07) is 20.3. The molecule has 2 fully saturated rings. The molecule has 0 radical (unpaired) electrons. The number of piperidine rings is 1. The highest BCUT2D eigenvalue weighted by Crippen LogP contribution is 2.42. The predicted octanol–water partition coefficient (Wildman–Crippen LogP) is 5.26. The van der Waals surface area contributed by atoms with Crippen LogP contribution in [0, 0.1) is 5.92 Å². The monoisotopic (exact) mass is 410 g/mol. The molecular weight excluding hydrogens is 379 g/mol. The van der Waals surface area contributed by atoms with Crippen LogP contribution < -0.4 is 5.32 Å². The van der Waals surface area contributed by atoms with Crippen molar-refractivity contribution >= 4 is 6.09 Å². The second-order valence-electron chi connectivity index (χ2n) is 8.98. The van der Waals surface area contributed by atoms with Gasteiger partial charge < -0.3 is 10.1 Å². The summed E-state index contributed by atoms with van der Waals surface area (Å²) in [5, 5.41) is 3.62. The number of benzene rings is 2. The summed E-state index contributed by atoms with van der Waals surface area (Å²) in [5.41, 5.74) is 2.27. The van der Waals surface area contributed by atoms with Crippen LogP contribution in [0.2, 0.25) is 0 Å². The molecule has 2 aromatic rings. The molecule has 0 bridgehead atoms. The third kappa shape index (κ3) is 4.84. The van der Waals surface area contributed by atoms with Crippen LogP contribution in [0.4, 0.5) is 9.18 Å². The minimum Gasteiger partial charge on any atom is -0.444 e. The van der Waals surface area contributed by atoms with Crippen LogP contribution in [0.1, 0.15) is 50.2 Å². The van der Waals surface area contributed by atoms with Crippen molar-refractivity contribution in [2.45, 2.75) is 63.5 Å². The van der Waals surface area contributed by atoms with Gasteiger partial charge in [-0.15, -0.1) is 0 Å². The van der Waals surface area contributed by atoms with Crippen molar-refractivity contribution in [3.63, 3.8) is 0 Å². The Morgan fingerprint density at radius 3 is 2.47 bits per heavy atom. The van der Waals surface area contributed by atoms with Crippen LogP contribution in [0.3, 0.4) is 0 Å². The lowest BCUT2D eigenvalue weighted by Gasteiger charge is -2.45. The number of halogens is 1. The van der Waals surface area contributed by atoms with E-state index in [-0.39, 0.29) is 18.6 Å². The van der Waals surface area contributed by atoms with Gasteiger partial charge in [-0.3, -0.25) is 4.90 Å². The number of nitrogens with one attached hydrogen (secondary N) is 1. The van der Waals surface area contributed by atoms with Crippen LogP contribution in [-0.2, 0) is 11.3 Å². The lowest BCUT2D eigenvalue weighted by molar-refractivity contribution is -0.0840. The second-order valence-corrected chi connectivity index (χ2v) is 8.98. The van der Waals surface area contributed by atoms with Crippen molar-refractivity contribution < 1.29 is 13.9 Å². The number of ether oxygens (including phenoxy) is 1. The Morgan fingerprint density at radius 2 is 1.80 bits per heavy atom. The van der Waals surface area contributed by atoms with Crippen LogP contribution in [0.5, 0.6) is 0 Å². The molecule has 160 valence electrons. The van der Waals surface area contributed by atoms with Crippen LogP contribution in [-0.4, -0.2) is 35.4 Å². The van der Waals surface area contributed by atoms with E-state index < -0.39 is 11.9 Å². The number of likely N-dealkylation sites (tertiary alicyclic amines) is 1. The molecule has 1 N–H and O–H groups in total. The van der Waals surface area contributed by atoms with Gasteiger partial charge in [0.25, 0.3) is 0 Å². The maximum absolute atomic E-state index is 15.5. The number of carbonyl (C=O) groups excluding carboxylic acids is 1. The summed E-state index contributed by atoms with van der Waals surface area (Å²) in [6.07, 6.45) is 1.66. The molecule has 1 heterocycles. The Kier molecular flexibility index (Phi) is 6.09. The Labute approximate surface area is 178 Å². The van der Waals surface area contributed by atoms with E-state index >= 15 is 4.39 Å². The number of rotatable bonds is 6. The van der Waals surface area contributed by atoms with Crippen LogP contribution >= 0.6 is 0 Å². The van der Waals surface area contributed by atoms with Crippen molar-refractivity contribution in [3.05, 3.63) is 71.8 Å². The molecule has 0 spiro atoms. The molecule has 5 atom stereocenters. The number of amides is 1. The number of nitrogens with zero attached hydrogens (tertiary/aromatic N) is 1. The molecule has 1 amide bonds. The molecule has 3 unspecified atom stereocenters. The average molecular weight is 411 g/mol. The van der Waals surface area contributed by atoms with E-state index in [1.807, 2.05) is 43.3 Å². The van der Waals surface area contributed by atoms with E-state index in [1.165, 1.54) is 17.4 Å². The molecule has 1 saturated carbocycles. The van der Waals surface area contributed by atoms with Gasteiger partial charge in [0.1, 0.15) is 6.61 Å². The van der Waals surface area contributed by atoms with Gasteiger partial charge in [-0.2, -0.15) is 0 Å². The fourth-order valence-corrected chi connectivity index (χ4v) is 4.88. The first-order chi connectivity index (χ1) is 14.4. The third-order valence-corrected chi connectivity index (χ3v) is 6.37. The van der Waals surface area contributed by atoms with Crippen LogP contribution in [0.15, 0.2) is 60.7 Å². The smallest absolute Gasteiger partial charge is 0.412 e. The summed E-state index contributed by atoms with van der Waals surface area (Å²) in [5.74, 6) is -0.946. The van der Waals surface area contributed by atoms with E-state index in [4.69, 9.17) is 4.74 Å². The molecule has 2 aromatic carbocycles. The fourth-order valence-electron chi connectivity index (χ4n) is 4.88. The van der Waals surface area contributed by atoms with Crippen LogP contribution in [0.25, 0.3) is 0 Å². The third-order valence-electron chi connectivity index (χ3n) is 6.37. The van der Waals surface area contributed by atoms with Crippen molar-refractivity contribution in [1.29, 1.82) is 0 Å². The van der Waals surface area contributed by atoms with Crippen molar-refractivity contribution in [2.75, 3.05) is 6.54 Å². The summed E-state index contributed by atoms with van der Waals surface area (Å²) < 4.78 is 20.9.